The van der Waals surface area contributed by atoms with Gasteiger partial charge in [-0.3, -0.25) is 9.78 Å². The summed E-state index contributed by atoms with van der Waals surface area (Å²) in [5, 5.41) is 6.14. The van der Waals surface area contributed by atoms with Crippen LogP contribution in [0.15, 0.2) is 60.8 Å². The summed E-state index contributed by atoms with van der Waals surface area (Å²) in [6.07, 6.45) is 2.28. The molecule has 2 heterocycles. The first-order valence-electron chi connectivity index (χ1n) is 10.9. The fraction of sp³-hybridized carbons (Fsp3) is 0.240. The number of anilines is 2. The summed E-state index contributed by atoms with van der Waals surface area (Å²) in [7, 11) is 5.20. The average Bonchev–Trinajstić information content (AvgIpc) is 3.16. The minimum atomic E-state index is -0.256. The molecule has 1 amide bonds. The van der Waals surface area contributed by atoms with Gasteiger partial charge in [0, 0.05) is 45.6 Å². The first kappa shape index (κ1) is 23.1. The number of nitrogens with one attached hydrogen (secondary N) is 2. The largest absolute Gasteiger partial charge is 0.495 e. The van der Waals surface area contributed by atoms with Gasteiger partial charge in [0.1, 0.15) is 22.9 Å². The number of amides is 1. The summed E-state index contributed by atoms with van der Waals surface area (Å²) in [6.45, 7) is 1.10. The van der Waals surface area contributed by atoms with Crippen molar-refractivity contribution < 1.29 is 19.0 Å². The van der Waals surface area contributed by atoms with Gasteiger partial charge in [0.15, 0.2) is 0 Å². The zero-order chi connectivity index (χ0) is 23.9. The second kappa shape index (κ2) is 10.7. The number of pyridine rings is 1. The van der Waals surface area contributed by atoms with E-state index >= 15 is 0 Å². The van der Waals surface area contributed by atoms with E-state index < -0.39 is 0 Å². The molecule has 0 saturated carbocycles. The number of aryl methyl sites for hydroxylation is 1. The second-order valence-electron chi connectivity index (χ2n) is 7.55. The summed E-state index contributed by atoms with van der Waals surface area (Å²) < 4.78 is 18.4. The van der Waals surface area contributed by atoms with Crippen LogP contribution in [0.2, 0.25) is 0 Å². The van der Waals surface area contributed by atoms with Crippen molar-refractivity contribution >= 4 is 28.6 Å². The van der Waals surface area contributed by atoms with Gasteiger partial charge in [0.25, 0.3) is 5.91 Å². The van der Waals surface area contributed by atoms with E-state index in [4.69, 9.17) is 19.2 Å². The van der Waals surface area contributed by atoms with Crippen molar-refractivity contribution in [2.45, 2.75) is 6.42 Å². The Morgan fingerprint density at radius 3 is 2.71 bits per heavy atom. The molecule has 0 saturated heterocycles. The lowest BCUT2D eigenvalue weighted by molar-refractivity contribution is 0.0943. The average molecular weight is 462 g/mol. The summed E-state index contributed by atoms with van der Waals surface area (Å²) in [5.74, 6) is 2.27. The van der Waals surface area contributed by atoms with Crippen molar-refractivity contribution in [2.24, 2.45) is 7.05 Å². The molecule has 34 heavy (non-hydrogen) atoms. The lowest BCUT2D eigenvalue weighted by atomic mass is 10.3. The zero-order valence-electron chi connectivity index (χ0n) is 19.4. The molecule has 4 aromatic rings. The summed E-state index contributed by atoms with van der Waals surface area (Å²) in [5.41, 5.74) is 2.82. The van der Waals surface area contributed by atoms with Gasteiger partial charge in [-0.1, -0.05) is 12.1 Å². The van der Waals surface area contributed by atoms with Gasteiger partial charge < -0.3 is 29.4 Å². The number of imidazole rings is 1. The Morgan fingerprint density at radius 2 is 1.88 bits per heavy atom. The third-order valence-electron chi connectivity index (χ3n) is 5.22. The summed E-state index contributed by atoms with van der Waals surface area (Å²) in [6, 6.07) is 16.6. The van der Waals surface area contributed by atoms with Crippen molar-refractivity contribution in [1.82, 2.24) is 19.9 Å². The molecule has 176 valence electrons. The van der Waals surface area contributed by atoms with Gasteiger partial charge in [0.05, 0.1) is 23.8 Å². The maximum absolute atomic E-state index is 12.3. The van der Waals surface area contributed by atoms with E-state index in [0.717, 1.165) is 28.9 Å². The molecule has 2 N–H and O–H groups in total. The van der Waals surface area contributed by atoms with E-state index in [0.29, 0.717) is 30.6 Å². The van der Waals surface area contributed by atoms with Crippen molar-refractivity contribution in [3.05, 3.63) is 66.5 Å². The van der Waals surface area contributed by atoms with Crippen LogP contribution < -0.4 is 20.1 Å². The number of carbonyl (C=O) groups is 1. The van der Waals surface area contributed by atoms with Crippen molar-refractivity contribution in [2.75, 3.05) is 32.7 Å². The number of fused-ring (bicyclic) bond motifs is 1. The van der Waals surface area contributed by atoms with Crippen LogP contribution in [0, 0.1) is 0 Å². The van der Waals surface area contributed by atoms with E-state index in [9.17, 15) is 4.79 Å². The molecule has 0 aliphatic rings. The van der Waals surface area contributed by atoms with E-state index in [1.165, 1.54) is 0 Å². The maximum atomic E-state index is 12.3. The van der Waals surface area contributed by atoms with Crippen LogP contribution in [0.25, 0.3) is 11.0 Å². The Hall–Kier alpha value is -4.11. The number of carbonyl (C=O) groups excluding carboxylic acids is 1. The number of hydrogen-bond acceptors (Lipinski definition) is 7. The Labute approximate surface area is 197 Å². The predicted octanol–water partition coefficient (Wildman–Crippen LogP) is 4.28. The minimum absolute atomic E-state index is 0.256. The highest BCUT2D eigenvalue weighted by Gasteiger charge is 2.12. The normalized spacial score (nSPS) is 10.8. The summed E-state index contributed by atoms with van der Waals surface area (Å²) in [4.78, 5) is 21.2. The lowest BCUT2D eigenvalue weighted by Crippen LogP contribution is -2.26. The van der Waals surface area contributed by atoms with Crippen LogP contribution in [0.1, 0.15) is 16.9 Å². The van der Waals surface area contributed by atoms with E-state index in [2.05, 4.69) is 15.6 Å². The van der Waals surface area contributed by atoms with E-state index in [1.807, 2.05) is 54.1 Å². The second-order valence-corrected chi connectivity index (χ2v) is 7.55. The highest BCUT2D eigenvalue weighted by Crippen LogP contribution is 2.30. The van der Waals surface area contributed by atoms with E-state index in [-0.39, 0.29) is 11.6 Å². The molecule has 0 aliphatic carbocycles. The van der Waals surface area contributed by atoms with Gasteiger partial charge in [-0.15, -0.1) is 0 Å². The number of para-hydroxylation sites is 2. The number of ether oxygens (including phenoxy) is 3. The first-order chi connectivity index (χ1) is 16.6. The Kier molecular flexibility index (Phi) is 7.24. The van der Waals surface area contributed by atoms with Crippen molar-refractivity contribution in [1.29, 1.82) is 0 Å². The molecular formula is C25H27N5O4. The molecule has 2 aromatic heterocycles. The van der Waals surface area contributed by atoms with Gasteiger partial charge in [0.2, 0.25) is 5.95 Å². The lowest BCUT2D eigenvalue weighted by Gasteiger charge is -2.10. The SMILES string of the molecule is COCCCNC(=O)c1cc(Oc2ccc3c(c2)nc(Nc2ccccc2OC)n3C)ccn1. The number of methoxy groups -OCH3 is 2. The minimum Gasteiger partial charge on any atom is -0.495 e. The Balaban J connectivity index is 1.50. The van der Waals surface area contributed by atoms with Gasteiger partial charge in [-0.05, 0) is 36.8 Å². The molecule has 0 bridgehead atoms. The molecular weight excluding hydrogens is 434 g/mol. The first-order valence-corrected chi connectivity index (χ1v) is 10.9. The third-order valence-corrected chi connectivity index (χ3v) is 5.22. The zero-order valence-corrected chi connectivity index (χ0v) is 19.4. The molecule has 0 unspecified atom stereocenters. The molecule has 2 aromatic carbocycles. The monoisotopic (exact) mass is 461 g/mol. The standard InChI is InChI=1S/C25H27N5O4/c1-30-22-10-9-17(15-20(22)29-25(30)28-19-7-4-5-8-23(19)33-3)34-18-11-13-26-21(16-18)24(31)27-12-6-14-32-2/h4-5,7-11,13,15-16H,6,12,14H2,1-3H3,(H,27,31)(H,28,29). The van der Waals surface area contributed by atoms with Crippen LogP contribution in [-0.4, -0.2) is 47.8 Å². The fourth-order valence-corrected chi connectivity index (χ4v) is 3.47. The van der Waals surface area contributed by atoms with Crippen LogP contribution in [-0.2, 0) is 11.8 Å². The topological polar surface area (TPSA) is 99.5 Å². The third kappa shape index (κ3) is 5.26. The predicted molar refractivity (Wildman–Crippen MR) is 130 cm³/mol. The maximum Gasteiger partial charge on any atom is 0.270 e. The molecule has 0 fully saturated rings. The van der Waals surface area contributed by atoms with E-state index in [1.54, 1.807) is 32.5 Å². The number of nitrogens with zero attached hydrogens (tertiary/aromatic N) is 3. The van der Waals surface area contributed by atoms with Crippen molar-refractivity contribution in [3.8, 4) is 17.2 Å². The molecule has 4 rings (SSSR count). The number of benzene rings is 2. The van der Waals surface area contributed by atoms with Gasteiger partial charge in [-0.25, -0.2) is 4.98 Å². The smallest absolute Gasteiger partial charge is 0.270 e. The molecule has 0 aliphatic heterocycles. The fourth-order valence-electron chi connectivity index (χ4n) is 3.47. The number of hydrogen-bond donors (Lipinski definition) is 2. The molecule has 0 atom stereocenters. The van der Waals surface area contributed by atoms with Gasteiger partial charge in [-0.2, -0.15) is 0 Å². The van der Waals surface area contributed by atoms with Crippen LogP contribution >= 0.6 is 0 Å². The van der Waals surface area contributed by atoms with Gasteiger partial charge >= 0.3 is 0 Å². The number of rotatable bonds is 10. The van der Waals surface area contributed by atoms with Crippen LogP contribution in [0.3, 0.4) is 0 Å². The molecule has 9 heteroatoms. The molecule has 0 radical (unpaired) electrons. The van der Waals surface area contributed by atoms with Crippen LogP contribution in [0.4, 0.5) is 11.6 Å². The molecule has 0 spiro atoms. The Bertz CT molecular complexity index is 1290. The highest BCUT2D eigenvalue weighted by molar-refractivity contribution is 5.92. The highest BCUT2D eigenvalue weighted by atomic mass is 16.5. The number of aromatic nitrogens is 3. The quantitative estimate of drug-likeness (QED) is 0.340. The Morgan fingerprint density at radius 1 is 1.06 bits per heavy atom. The van der Waals surface area contributed by atoms with Crippen molar-refractivity contribution in [3.63, 3.8) is 0 Å². The molecule has 9 nitrogen and oxygen atoms in total. The van der Waals surface area contributed by atoms with Crippen LogP contribution in [0.5, 0.6) is 17.2 Å². The summed E-state index contributed by atoms with van der Waals surface area (Å²) >= 11 is 0.